The first-order valence-electron chi connectivity index (χ1n) is 5.27. The summed E-state index contributed by atoms with van der Waals surface area (Å²) in [6.07, 6.45) is 0.102. The Balaban J connectivity index is 3.05. The molecule has 100 valence electrons. The molecule has 0 bridgehead atoms. The van der Waals surface area contributed by atoms with E-state index in [1.54, 1.807) is 26.4 Å². The maximum Gasteiger partial charge on any atom is 0.307 e. The second-order valence-corrected chi connectivity index (χ2v) is 4.47. The molecule has 0 aromatic heterocycles. The molecule has 0 aliphatic rings. The van der Waals surface area contributed by atoms with Gasteiger partial charge in [-0.05, 0) is 17.7 Å². The van der Waals surface area contributed by atoms with Crippen molar-refractivity contribution in [3.8, 4) is 11.5 Å². The van der Waals surface area contributed by atoms with E-state index < -0.39 is 6.04 Å². The molecule has 0 saturated carbocycles. The number of carbonyl (C=O) groups excluding carboxylic acids is 1. The van der Waals surface area contributed by atoms with E-state index in [1.807, 2.05) is 0 Å². The van der Waals surface area contributed by atoms with Crippen molar-refractivity contribution in [2.24, 2.45) is 5.73 Å². The van der Waals surface area contributed by atoms with Gasteiger partial charge >= 0.3 is 5.97 Å². The monoisotopic (exact) mass is 317 g/mol. The van der Waals surface area contributed by atoms with Crippen molar-refractivity contribution >= 4 is 21.9 Å². The van der Waals surface area contributed by atoms with Gasteiger partial charge in [0.25, 0.3) is 0 Å². The lowest BCUT2D eigenvalue weighted by Crippen LogP contribution is -2.17. The zero-order valence-corrected chi connectivity index (χ0v) is 12.1. The minimum Gasteiger partial charge on any atom is -0.493 e. The van der Waals surface area contributed by atoms with Gasteiger partial charge in [-0.25, -0.2) is 0 Å². The van der Waals surface area contributed by atoms with Crippen LogP contribution in [0.3, 0.4) is 0 Å². The molecule has 6 heteroatoms. The number of carbonyl (C=O) groups is 1. The first-order valence-corrected chi connectivity index (χ1v) is 6.06. The fraction of sp³-hybridized carbons (Fsp3) is 0.417. The Morgan fingerprint density at radius 1 is 1.28 bits per heavy atom. The van der Waals surface area contributed by atoms with Crippen LogP contribution < -0.4 is 15.2 Å². The summed E-state index contributed by atoms with van der Waals surface area (Å²) in [6, 6.07) is 3.04. The number of esters is 1. The van der Waals surface area contributed by atoms with Crippen LogP contribution in [0.25, 0.3) is 0 Å². The van der Waals surface area contributed by atoms with Gasteiger partial charge in [-0.3, -0.25) is 4.79 Å². The van der Waals surface area contributed by atoms with Crippen LogP contribution in [-0.4, -0.2) is 27.3 Å². The number of rotatable bonds is 5. The van der Waals surface area contributed by atoms with Gasteiger partial charge in [-0.1, -0.05) is 15.9 Å². The predicted molar refractivity (Wildman–Crippen MR) is 70.8 cm³/mol. The van der Waals surface area contributed by atoms with E-state index in [1.165, 1.54) is 7.11 Å². The van der Waals surface area contributed by atoms with Crippen LogP contribution in [-0.2, 0) is 9.53 Å². The largest absolute Gasteiger partial charge is 0.493 e. The quantitative estimate of drug-likeness (QED) is 0.841. The Morgan fingerprint density at radius 3 is 2.33 bits per heavy atom. The first kappa shape index (κ1) is 14.8. The summed E-state index contributed by atoms with van der Waals surface area (Å²) < 4.78 is 15.7. The van der Waals surface area contributed by atoms with E-state index in [9.17, 15) is 4.79 Å². The molecule has 1 aromatic rings. The number of ether oxygens (including phenoxy) is 3. The molecule has 5 nitrogen and oxygen atoms in total. The van der Waals surface area contributed by atoms with E-state index in [0.717, 1.165) is 10.0 Å². The molecule has 0 amide bonds. The summed E-state index contributed by atoms with van der Waals surface area (Å²) in [5.74, 6) is 0.804. The van der Waals surface area contributed by atoms with Gasteiger partial charge in [-0.15, -0.1) is 0 Å². The van der Waals surface area contributed by atoms with Gasteiger partial charge in [0.15, 0.2) is 11.5 Å². The highest BCUT2D eigenvalue weighted by Crippen LogP contribution is 2.36. The Labute approximate surface area is 114 Å². The molecule has 0 spiro atoms. The fourth-order valence-electron chi connectivity index (χ4n) is 1.53. The average molecular weight is 318 g/mol. The predicted octanol–water partition coefficient (Wildman–Crippen LogP) is 2.03. The van der Waals surface area contributed by atoms with Crippen LogP contribution in [0, 0.1) is 0 Å². The van der Waals surface area contributed by atoms with Gasteiger partial charge in [0.05, 0.1) is 27.8 Å². The van der Waals surface area contributed by atoms with Crippen molar-refractivity contribution in [2.75, 3.05) is 21.3 Å². The standard InChI is InChI=1S/C12H16BrNO4/c1-16-10-4-7(8(13)5-11(10)17-2)9(14)6-12(15)18-3/h4-5,9H,6,14H2,1-3H3. The molecular weight excluding hydrogens is 302 g/mol. The minimum absolute atomic E-state index is 0.102. The van der Waals surface area contributed by atoms with Crippen LogP contribution in [0.1, 0.15) is 18.0 Å². The molecule has 0 aliphatic heterocycles. The van der Waals surface area contributed by atoms with E-state index >= 15 is 0 Å². The molecule has 0 aliphatic carbocycles. The van der Waals surface area contributed by atoms with Gasteiger partial charge in [-0.2, -0.15) is 0 Å². The van der Waals surface area contributed by atoms with Gasteiger partial charge < -0.3 is 19.9 Å². The number of nitrogens with two attached hydrogens (primary N) is 1. The van der Waals surface area contributed by atoms with Crippen LogP contribution in [0.2, 0.25) is 0 Å². The van der Waals surface area contributed by atoms with Crippen molar-refractivity contribution in [1.82, 2.24) is 0 Å². The Kier molecular flexibility index (Phi) is 5.43. The van der Waals surface area contributed by atoms with Gasteiger partial charge in [0.2, 0.25) is 0 Å². The third kappa shape index (κ3) is 3.36. The van der Waals surface area contributed by atoms with Crippen LogP contribution in [0.4, 0.5) is 0 Å². The number of benzene rings is 1. The molecular formula is C12H16BrNO4. The SMILES string of the molecule is COC(=O)CC(N)c1cc(OC)c(OC)cc1Br. The molecule has 18 heavy (non-hydrogen) atoms. The Hall–Kier alpha value is -1.27. The second kappa shape index (κ2) is 6.61. The Morgan fingerprint density at radius 2 is 1.83 bits per heavy atom. The van der Waals surface area contributed by atoms with E-state index in [-0.39, 0.29) is 12.4 Å². The van der Waals surface area contributed by atoms with E-state index in [0.29, 0.717) is 11.5 Å². The molecule has 2 N–H and O–H groups in total. The van der Waals surface area contributed by atoms with Crippen LogP contribution in [0.5, 0.6) is 11.5 Å². The van der Waals surface area contributed by atoms with Crippen molar-refractivity contribution in [3.63, 3.8) is 0 Å². The highest BCUT2D eigenvalue weighted by molar-refractivity contribution is 9.10. The number of hydrogen-bond acceptors (Lipinski definition) is 5. The summed E-state index contributed by atoms with van der Waals surface area (Å²) in [5, 5.41) is 0. The minimum atomic E-state index is -0.466. The number of hydrogen-bond donors (Lipinski definition) is 1. The number of halogens is 1. The maximum absolute atomic E-state index is 11.2. The molecule has 1 atom stereocenters. The maximum atomic E-state index is 11.2. The lowest BCUT2D eigenvalue weighted by Gasteiger charge is -2.16. The van der Waals surface area contributed by atoms with Crippen molar-refractivity contribution in [1.29, 1.82) is 0 Å². The van der Waals surface area contributed by atoms with Crippen LogP contribution >= 0.6 is 15.9 Å². The number of methoxy groups -OCH3 is 3. The second-order valence-electron chi connectivity index (χ2n) is 3.62. The van der Waals surface area contributed by atoms with E-state index in [4.69, 9.17) is 15.2 Å². The van der Waals surface area contributed by atoms with Gasteiger partial charge in [0.1, 0.15) is 0 Å². The molecule has 1 aromatic carbocycles. The highest BCUT2D eigenvalue weighted by Gasteiger charge is 2.18. The molecule has 0 fully saturated rings. The van der Waals surface area contributed by atoms with Gasteiger partial charge in [0, 0.05) is 10.5 Å². The Bertz CT molecular complexity index is 436. The van der Waals surface area contributed by atoms with Crippen molar-refractivity contribution < 1.29 is 19.0 Å². The van der Waals surface area contributed by atoms with Crippen molar-refractivity contribution in [2.45, 2.75) is 12.5 Å². The van der Waals surface area contributed by atoms with Crippen molar-refractivity contribution in [3.05, 3.63) is 22.2 Å². The van der Waals surface area contributed by atoms with E-state index in [2.05, 4.69) is 20.7 Å². The molecule has 1 unspecified atom stereocenters. The summed E-state index contributed by atoms with van der Waals surface area (Å²) >= 11 is 3.40. The fourth-order valence-corrected chi connectivity index (χ4v) is 2.14. The molecule has 1 rings (SSSR count). The molecule has 0 radical (unpaired) electrons. The average Bonchev–Trinajstić information content (AvgIpc) is 2.37. The summed E-state index contributed by atoms with van der Waals surface area (Å²) in [4.78, 5) is 11.2. The smallest absolute Gasteiger partial charge is 0.307 e. The summed E-state index contributed by atoms with van der Waals surface area (Å²) in [5.41, 5.74) is 6.72. The molecule has 0 saturated heterocycles. The third-order valence-corrected chi connectivity index (χ3v) is 3.20. The normalized spacial score (nSPS) is 11.8. The highest BCUT2D eigenvalue weighted by atomic mass is 79.9. The lowest BCUT2D eigenvalue weighted by atomic mass is 10.0. The zero-order valence-electron chi connectivity index (χ0n) is 10.5. The topological polar surface area (TPSA) is 70.8 Å². The third-order valence-electron chi connectivity index (χ3n) is 2.52. The molecule has 0 heterocycles. The summed E-state index contributed by atoms with van der Waals surface area (Å²) in [6.45, 7) is 0. The zero-order chi connectivity index (χ0) is 13.7. The first-order chi connectivity index (χ1) is 8.53. The summed E-state index contributed by atoms with van der Waals surface area (Å²) in [7, 11) is 4.43. The lowest BCUT2D eigenvalue weighted by molar-refractivity contribution is -0.141. The van der Waals surface area contributed by atoms with Crippen LogP contribution in [0.15, 0.2) is 16.6 Å².